The normalized spacial score (nSPS) is 12.2. The van der Waals surface area contributed by atoms with Gasteiger partial charge in [-0.3, -0.25) is 14.4 Å². The van der Waals surface area contributed by atoms with E-state index in [9.17, 15) is 14.4 Å². The van der Waals surface area contributed by atoms with E-state index in [-0.39, 0.29) is 25.2 Å². The summed E-state index contributed by atoms with van der Waals surface area (Å²) >= 11 is 0. The van der Waals surface area contributed by atoms with E-state index >= 15 is 0 Å². The van der Waals surface area contributed by atoms with Crippen LogP contribution >= 0.6 is 0 Å². The molecule has 0 spiro atoms. The van der Waals surface area contributed by atoms with Crippen molar-refractivity contribution in [2.45, 2.75) is 175 Å². The molecule has 1 atom stereocenters. The third-order valence-corrected chi connectivity index (χ3v) is 7.27. The number of carbonyl (C=O) groups is 3. The van der Waals surface area contributed by atoms with Crippen LogP contribution in [0.1, 0.15) is 168 Å². The summed E-state index contributed by atoms with van der Waals surface area (Å²) in [5.41, 5.74) is 0. The van der Waals surface area contributed by atoms with Crippen molar-refractivity contribution in [2.75, 3.05) is 13.2 Å². The Hall–Kier alpha value is -2.11. The zero-order valence-electron chi connectivity index (χ0n) is 27.5. The molecule has 0 aromatic rings. The lowest BCUT2D eigenvalue weighted by Gasteiger charge is -2.17. The first kappa shape index (κ1) is 39.9. The number of ether oxygens (including phenoxy) is 3. The number of unbranched alkanes of at least 4 members (excludes halogenated alkanes) is 17. The van der Waals surface area contributed by atoms with E-state index in [1.165, 1.54) is 77.6 Å². The van der Waals surface area contributed by atoms with Gasteiger partial charge in [0.1, 0.15) is 13.2 Å². The van der Waals surface area contributed by atoms with Gasteiger partial charge in [0.2, 0.25) is 0 Å². The van der Waals surface area contributed by atoms with Crippen LogP contribution < -0.4 is 0 Å². The van der Waals surface area contributed by atoms with Crippen LogP contribution in [-0.4, -0.2) is 37.2 Å². The highest BCUT2D eigenvalue weighted by Gasteiger charge is 2.18. The maximum absolute atomic E-state index is 12.3. The largest absolute Gasteiger partial charge is 0.462 e. The van der Waals surface area contributed by atoms with E-state index in [0.29, 0.717) is 12.8 Å². The number of allylic oxidation sites excluding steroid dienone is 4. The smallest absolute Gasteiger partial charge is 0.306 e. The highest BCUT2D eigenvalue weighted by molar-refractivity contribution is 5.70. The lowest BCUT2D eigenvalue weighted by molar-refractivity contribution is -0.166. The minimum atomic E-state index is -0.768. The maximum Gasteiger partial charge on any atom is 0.306 e. The molecule has 0 aliphatic rings. The van der Waals surface area contributed by atoms with Crippen LogP contribution in [0.5, 0.6) is 0 Å². The van der Waals surface area contributed by atoms with Gasteiger partial charge in [0.05, 0.1) is 0 Å². The Morgan fingerprint density at radius 1 is 0.524 bits per heavy atom. The van der Waals surface area contributed by atoms with Gasteiger partial charge in [-0.2, -0.15) is 0 Å². The van der Waals surface area contributed by atoms with Gasteiger partial charge in [0, 0.05) is 19.8 Å². The third-order valence-electron chi connectivity index (χ3n) is 7.27. The minimum absolute atomic E-state index is 0.0855. The van der Waals surface area contributed by atoms with Gasteiger partial charge < -0.3 is 14.2 Å². The van der Waals surface area contributed by atoms with Crippen molar-refractivity contribution in [2.24, 2.45) is 0 Å². The van der Waals surface area contributed by atoms with Gasteiger partial charge in [0.15, 0.2) is 6.10 Å². The molecular formula is C36H64O6. The summed E-state index contributed by atoms with van der Waals surface area (Å²) in [6, 6.07) is 0. The second-order valence-corrected chi connectivity index (χ2v) is 11.5. The van der Waals surface area contributed by atoms with E-state index in [2.05, 4.69) is 38.2 Å². The fourth-order valence-corrected chi connectivity index (χ4v) is 4.67. The van der Waals surface area contributed by atoms with E-state index in [1.54, 1.807) is 0 Å². The standard InChI is InChI=1S/C36H64O6/c1-4-6-8-10-12-14-16-17-18-19-20-22-24-26-28-30-36(39)42-34(31-40-33(3)37)32-41-35(38)29-27-25-23-21-15-13-11-9-7-5-2/h12,14,17-18,34H,4-11,13,15-16,19-32H2,1-3H3/b14-12-,18-17-. The summed E-state index contributed by atoms with van der Waals surface area (Å²) in [4.78, 5) is 35.7. The molecule has 0 heterocycles. The van der Waals surface area contributed by atoms with Crippen molar-refractivity contribution in [1.29, 1.82) is 0 Å². The first-order valence-electron chi connectivity index (χ1n) is 17.3. The van der Waals surface area contributed by atoms with Gasteiger partial charge in [-0.1, -0.05) is 128 Å². The molecule has 0 aromatic heterocycles. The zero-order chi connectivity index (χ0) is 30.9. The molecule has 0 radical (unpaired) electrons. The van der Waals surface area contributed by atoms with E-state index < -0.39 is 12.1 Å². The second-order valence-electron chi connectivity index (χ2n) is 11.5. The van der Waals surface area contributed by atoms with Crippen LogP contribution in [0.3, 0.4) is 0 Å². The fourth-order valence-electron chi connectivity index (χ4n) is 4.67. The van der Waals surface area contributed by atoms with Crippen LogP contribution in [0.15, 0.2) is 24.3 Å². The van der Waals surface area contributed by atoms with Crippen molar-refractivity contribution in [3.8, 4) is 0 Å². The Kier molecular flexibility index (Phi) is 30.2. The van der Waals surface area contributed by atoms with Gasteiger partial charge in [-0.15, -0.1) is 0 Å². The average molecular weight is 593 g/mol. The topological polar surface area (TPSA) is 78.9 Å². The quantitative estimate of drug-likeness (QED) is 0.0357. The molecule has 6 nitrogen and oxygen atoms in total. The Balaban J connectivity index is 3.93. The molecule has 0 saturated carbocycles. The Labute approximate surface area is 258 Å². The lowest BCUT2D eigenvalue weighted by atomic mass is 10.1. The molecule has 0 rings (SSSR count). The van der Waals surface area contributed by atoms with E-state index in [0.717, 1.165) is 64.2 Å². The van der Waals surface area contributed by atoms with Gasteiger partial charge in [0.25, 0.3) is 0 Å². The summed E-state index contributed by atoms with van der Waals surface area (Å²) in [7, 11) is 0. The van der Waals surface area contributed by atoms with Crippen molar-refractivity contribution < 1.29 is 28.6 Å². The zero-order valence-corrected chi connectivity index (χ0v) is 27.5. The molecule has 244 valence electrons. The van der Waals surface area contributed by atoms with Crippen molar-refractivity contribution in [1.82, 2.24) is 0 Å². The summed E-state index contributed by atoms with van der Waals surface area (Å²) in [5.74, 6) is -1.10. The lowest BCUT2D eigenvalue weighted by Crippen LogP contribution is -2.30. The molecule has 0 saturated heterocycles. The summed E-state index contributed by atoms with van der Waals surface area (Å²) in [5, 5.41) is 0. The van der Waals surface area contributed by atoms with Crippen LogP contribution in [0.25, 0.3) is 0 Å². The molecule has 0 bridgehead atoms. The fraction of sp³-hybridized carbons (Fsp3) is 0.806. The minimum Gasteiger partial charge on any atom is -0.462 e. The Morgan fingerprint density at radius 3 is 1.50 bits per heavy atom. The van der Waals surface area contributed by atoms with Gasteiger partial charge >= 0.3 is 17.9 Å². The van der Waals surface area contributed by atoms with E-state index in [1.807, 2.05) is 0 Å². The molecule has 0 N–H and O–H groups in total. The molecular weight excluding hydrogens is 528 g/mol. The molecule has 6 heteroatoms. The third kappa shape index (κ3) is 30.8. The summed E-state index contributed by atoms with van der Waals surface area (Å²) < 4.78 is 15.8. The highest BCUT2D eigenvalue weighted by Crippen LogP contribution is 2.13. The Bertz CT molecular complexity index is 699. The second kappa shape index (κ2) is 31.8. The van der Waals surface area contributed by atoms with Gasteiger partial charge in [-0.05, 0) is 44.9 Å². The molecule has 0 aromatic carbocycles. The molecule has 0 fully saturated rings. The number of carbonyl (C=O) groups excluding carboxylic acids is 3. The van der Waals surface area contributed by atoms with Crippen LogP contribution in [0, 0.1) is 0 Å². The van der Waals surface area contributed by atoms with E-state index in [4.69, 9.17) is 14.2 Å². The predicted molar refractivity (Wildman–Crippen MR) is 173 cm³/mol. The average Bonchev–Trinajstić information content (AvgIpc) is 2.97. The van der Waals surface area contributed by atoms with Crippen LogP contribution in [0.4, 0.5) is 0 Å². The number of hydrogen-bond acceptors (Lipinski definition) is 6. The predicted octanol–water partition coefficient (Wildman–Crippen LogP) is 10.1. The van der Waals surface area contributed by atoms with Crippen LogP contribution in [-0.2, 0) is 28.6 Å². The van der Waals surface area contributed by atoms with Crippen molar-refractivity contribution in [3.63, 3.8) is 0 Å². The monoisotopic (exact) mass is 592 g/mol. The number of esters is 3. The molecule has 42 heavy (non-hydrogen) atoms. The Morgan fingerprint density at radius 2 is 0.952 bits per heavy atom. The van der Waals surface area contributed by atoms with Crippen LogP contribution in [0.2, 0.25) is 0 Å². The first-order valence-corrected chi connectivity index (χ1v) is 17.3. The first-order chi connectivity index (χ1) is 20.5. The molecule has 0 amide bonds. The SMILES string of the molecule is CCCCC/C=C\C/C=C\CCCCCCCC(=O)OC(COC(C)=O)COC(=O)CCCCCCCCCCCC. The van der Waals surface area contributed by atoms with Crippen molar-refractivity contribution in [3.05, 3.63) is 24.3 Å². The van der Waals surface area contributed by atoms with Crippen molar-refractivity contribution >= 4 is 17.9 Å². The molecule has 0 aliphatic carbocycles. The molecule has 0 aliphatic heterocycles. The highest BCUT2D eigenvalue weighted by atomic mass is 16.6. The van der Waals surface area contributed by atoms with Gasteiger partial charge in [-0.25, -0.2) is 0 Å². The summed E-state index contributed by atoms with van der Waals surface area (Å²) in [6.45, 7) is 5.58. The number of hydrogen-bond donors (Lipinski definition) is 0. The maximum atomic E-state index is 12.3. The molecule has 1 unspecified atom stereocenters. The number of rotatable bonds is 30. The summed E-state index contributed by atoms with van der Waals surface area (Å²) in [6.07, 6.45) is 33.3.